The molecule has 1 heterocycles. The standard InChI is InChI=1S/C19H19N3O3S/c1-15(23)18-3-2-4-19(11-18)26(24,25)21-12-16-5-7-17(8-6-16)13-22-10-9-20-14-22/h2-11,14,21H,12-13H2,1H3. The molecule has 3 aromatic rings. The minimum atomic E-state index is -3.68. The molecule has 0 atom stereocenters. The number of benzene rings is 2. The molecule has 3 rings (SSSR count). The fourth-order valence-electron chi connectivity index (χ4n) is 2.50. The van der Waals surface area contributed by atoms with Crippen LogP contribution in [0.3, 0.4) is 0 Å². The summed E-state index contributed by atoms with van der Waals surface area (Å²) in [5.41, 5.74) is 2.33. The van der Waals surface area contributed by atoms with Crippen LogP contribution in [0.4, 0.5) is 0 Å². The molecular weight excluding hydrogens is 350 g/mol. The van der Waals surface area contributed by atoms with Gasteiger partial charge in [0.2, 0.25) is 10.0 Å². The molecular formula is C19H19N3O3S. The van der Waals surface area contributed by atoms with Crippen LogP contribution in [0.5, 0.6) is 0 Å². The molecule has 0 aliphatic rings. The zero-order chi connectivity index (χ0) is 18.6. The van der Waals surface area contributed by atoms with Crippen molar-refractivity contribution < 1.29 is 13.2 Å². The maximum Gasteiger partial charge on any atom is 0.240 e. The van der Waals surface area contributed by atoms with Crippen molar-refractivity contribution in [3.05, 3.63) is 83.9 Å². The van der Waals surface area contributed by atoms with Crippen molar-refractivity contribution in [3.63, 3.8) is 0 Å². The van der Waals surface area contributed by atoms with Crippen molar-refractivity contribution in [2.24, 2.45) is 0 Å². The number of nitrogens with zero attached hydrogens (tertiary/aromatic N) is 2. The Bertz CT molecular complexity index is 995. The van der Waals surface area contributed by atoms with Gasteiger partial charge in [0.1, 0.15) is 0 Å². The van der Waals surface area contributed by atoms with E-state index >= 15 is 0 Å². The van der Waals surface area contributed by atoms with E-state index in [-0.39, 0.29) is 17.2 Å². The number of hydrogen-bond acceptors (Lipinski definition) is 4. The second-order valence-corrected chi connectivity index (χ2v) is 7.73. The largest absolute Gasteiger partial charge is 0.333 e. The topological polar surface area (TPSA) is 81.1 Å². The summed E-state index contributed by atoms with van der Waals surface area (Å²) in [6, 6.07) is 13.7. The lowest BCUT2D eigenvalue weighted by molar-refractivity contribution is 0.101. The van der Waals surface area contributed by atoms with Crippen LogP contribution in [0.2, 0.25) is 0 Å². The third-order valence-corrected chi connectivity index (χ3v) is 5.36. The Morgan fingerprint density at radius 3 is 2.50 bits per heavy atom. The van der Waals surface area contributed by atoms with E-state index in [4.69, 9.17) is 0 Å². The van der Waals surface area contributed by atoms with Crippen LogP contribution in [0.25, 0.3) is 0 Å². The van der Waals surface area contributed by atoms with Crippen LogP contribution < -0.4 is 4.72 Å². The van der Waals surface area contributed by atoms with Crippen LogP contribution in [-0.4, -0.2) is 23.8 Å². The SMILES string of the molecule is CC(=O)c1cccc(S(=O)(=O)NCc2ccc(Cn3ccnc3)cc2)c1. The van der Waals surface area contributed by atoms with E-state index in [2.05, 4.69) is 9.71 Å². The lowest BCUT2D eigenvalue weighted by Crippen LogP contribution is -2.23. The Labute approximate surface area is 152 Å². The van der Waals surface area contributed by atoms with Crippen molar-refractivity contribution in [1.82, 2.24) is 14.3 Å². The molecule has 134 valence electrons. The second kappa shape index (κ2) is 7.63. The van der Waals surface area contributed by atoms with Gasteiger partial charge in [-0.05, 0) is 30.2 Å². The molecule has 0 unspecified atom stereocenters. The van der Waals surface area contributed by atoms with Gasteiger partial charge in [0.25, 0.3) is 0 Å². The van der Waals surface area contributed by atoms with E-state index in [1.54, 1.807) is 24.7 Å². The number of sulfonamides is 1. The first kappa shape index (κ1) is 18.0. The second-order valence-electron chi connectivity index (χ2n) is 5.96. The highest BCUT2D eigenvalue weighted by molar-refractivity contribution is 7.89. The molecule has 0 radical (unpaired) electrons. The molecule has 0 aliphatic heterocycles. The van der Waals surface area contributed by atoms with E-state index in [0.29, 0.717) is 12.1 Å². The number of ketones is 1. The van der Waals surface area contributed by atoms with Gasteiger partial charge < -0.3 is 4.57 Å². The van der Waals surface area contributed by atoms with Gasteiger partial charge >= 0.3 is 0 Å². The number of carbonyl (C=O) groups excluding carboxylic acids is 1. The summed E-state index contributed by atoms with van der Waals surface area (Å²) in [4.78, 5) is 15.5. The summed E-state index contributed by atoms with van der Waals surface area (Å²) in [5, 5.41) is 0. The number of Topliss-reactive ketones (excluding diaryl/α,β-unsaturated/α-hetero) is 1. The third kappa shape index (κ3) is 4.44. The van der Waals surface area contributed by atoms with Crippen LogP contribution >= 0.6 is 0 Å². The average molecular weight is 369 g/mol. The summed E-state index contributed by atoms with van der Waals surface area (Å²) in [5.74, 6) is -0.171. The van der Waals surface area contributed by atoms with Gasteiger partial charge in [0.15, 0.2) is 5.78 Å². The minimum Gasteiger partial charge on any atom is -0.333 e. The first-order chi connectivity index (χ1) is 12.4. The fourth-order valence-corrected chi connectivity index (χ4v) is 3.56. The maximum absolute atomic E-state index is 12.4. The Balaban J connectivity index is 1.66. The first-order valence-corrected chi connectivity index (χ1v) is 9.56. The number of rotatable bonds is 7. The van der Waals surface area contributed by atoms with Crippen LogP contribution in [0, 0.1) is 0 Å². The summed E-state index contributed by atoms with van der Waals surface area (Å²) >= 11 is 0. The van der Waals surface area contributed by atoms with Crippen LogP contribution in [-0.2, 0) is 23.1 Å². The van der Waals surface area contributed by atoms with Gasteiger partial charge in [-0.2, -0.15) is 0 Å². The zero-order valence-corrected chi connectivity index (χ0v) is 15.1. The lowest BCUT2D eigenvalue weighted by Gasteiger charge is -2.09. The number of nitrogens with one attached hydrogen (secondary N) is 1. The molecule has 6 nitrogen and oxygen atoms in total. The normalized spacial score (nSPS) is 11.4. The molecule has 0 fully saturated rings. The summed E-state index contributed by atoms with van der Waals surface area (Å²) < 4.78 is 29.4. The Morgan fingerprint density at radius 2 is 1.85 bits per heavy atom. The molecule has 26 heavy (non-hydrogen) atoms. The third-order valence-electron chi connectivity index (χ3n) is 3.96. The molecule has 1 N–H and O–H groups in total. The number of aromatic nitrogens is 2. The van der Waals surface area contributed by atoms with E-state index in [1.807, 2.05) is 35.0 Å². The van der Waals surface area contributed by atoms with Gasteiger partial charge in [-0.25, -0.2) is 18.1 Å². The van der Waals surface area contributed by atoms with Gasteiger partial charge in [0, 0.05) is 31.0 Å². The zero-order valence-electron chi connectivity index (χ0n) is 14.3. The van der Waals surface area contributed by atoms with Gasteiger partial charge in [-0.3, -0.25) is 4.79 Å². The van der Waals surface area contributed by atoms with E-state index in [1.165, 1.54) is 19.1 Å². The number of carbonyl (C=O) groups is 1. The monoisotopic (exact) mass is 369 g/mol. The molecule has 0 saturated heterocycles. The van der Waals surface area contributed by atoms with Crippen LogP contribution in [0.1, 0.15) is 28.4 Å². The van der Waals surface area contributed by atoms with Crippen molar-refractivity contribution in [2.45, 2.75) is 24.9 Å². The van der Waals surface area contributed by atoms with Crippen molar-refractivity contribution in [2.75, 3.05) is 0 Å². The summed E-state index contributed by atoms with van der Waals surface area (Å²) in [7, 11) is -3.68. The molecule has 7 heteroatoms. The number of imidazole rings is 1. The van der Waals surface area contributed by atoms with Gasteiger partial charge in [-0.1, -0.05) is 36.4 Å². The predicted molar refractivity (Wildman–Crippen MR) is 98.2 cm³/mol. The fraction of sp³-hybridized carbons (Fsp3) is 0.158. The highest BCUT2D eigenvalue weighted by atomic mass is 32.2. The van der Waals surface area contributed by atoms with E-state index in [9.17, 15) is 13.2 Å². The quantitative estimate of drug-likeness (QED) is 0.649. The Kier molecular flexibility index (Phi) is 5.29. The van der Waals surface area contributed by atoms with E-state index < -0.39 is 10.0 Å². The number of hydrogen-bond donors (Lipinski definition) is 1. The highest BCUT2D eigenvalue weighted by Gasteiger charge is 2.15. The molecule has 0 spiro atoms. The molecule has 0 saturated carbocycles. The molecule has 0 aliphatic carbocycles. The van der Waals surface area contributed by atoms with Gasteiger partial charge in [0.05, 0.1) is 11.2 Å². The molecule has 0 bridgehead atoms. The Morgan fingerprint density at radius 1 is 1.12 bits per heavy atom. The smallest absolute Gasteiger partial charge is 0.240 e. The van der Waals surface area contributed by atoms with Crippen LogP contribution in [0.15, 0.2) is 72.1 Å². The van der Waals surface area contributed by atoms with Crippen molar-refractivity contribution in [1.29, 1.82) is 0 Å². The Hall–Kier alpha value is -2.77. The van der Waals surface area contributed by atoms with Gasteiger partial charge in [-0.15, -0.1) is 0 Å². The van der Waals surface area contributed by atoms with E-state index in [0.717, 1.165) is 11.1 Å². The average Bonchev–Trinajstić information content (AvgIpc) is 3.14. The lowest BCUT2D eigenvalue weighted by atomic mass is 10.1. The van der Waals surface area contributed by atoms with Crippen molar-refractivity contribution in [3.8, 4) is 0 Å². The highest BCUT2D eigenvalue weighted by Crippen LogP contribution is 2.13. The first-order valence-electron chi connectivity index (χ1n) is 8.08. The summed E-state index contributed by atoms with van der Waals surface area (Å²) in [6.07, 6.45) is 5.36. The molecule has 0 amide bonds. The predicted octanol–water partition coefficient (Wildman–Crippen LogP) is 2.61. The molecule has 2 aromatic carbocycles. The molecule has 1 aromatic heterocycles. The maximum atomic E-state index is 12.4. The summed E-state index contributed by atoms with van der Waals surface area (Å²) in [6.45, 7) is 2.30. The van der Waals surface area contributed by atoms with Crippen molar-refractivity contribution >= 4 is 15.8 Å². The minimum absolute atomic E-state index is 0.0851.